The summed E-state index contributed by atoms with van der Waals surface area (Å²) in [6.45, 7) is 2.01. The van der Waals surface area contributed by atoms with Crippen LogP contribution < -0.4 is 5.32 Å². The number of rotatable bonds is 4. The quantitative estimate of drug-likeness (QED) is 0.891. The standard InChI is InChI=1S/C18H17F3N2O2/c1-11(17(24)22-16-7-6-14(20)8-15(16)21)23-9-18(25,10-23)12-2-4-13(19)5-3-12/h2-8,11,25H,9-10H2,1H3,(H,22,24). The van der Waals surface area contributed by atoms with Gasteiger partial charge in [0.15, 0.2) is 0 Å². The molecule has 2 N–H and O–H groups in total. The molecule has 1 heterocycles. The van der Waals surface area contributed by atoms with Crippen LogP contribution in [0.2, 0.25) is 0 Å². The van der Waals surface area contributed by atoms with Gasteiger partial charge in [-0.25, -0.2) is 13.2 Å². The molecule has 1 amide bonds. The lowest BCUT2D eigenvalue weighted by molar-refractivity contribution is -0.140. The van der Waals surface area contributed by atoms with E-state index in [-0.39, 0.29) is 18.8 Å². The highest BCUT2D eigenvalue weighted by Crippen LogP contribution is 2.33. The molecule has 1 unspecified atom stereocenters. The monoisotopic (exact) mass is 350 g/mol. The second kappa shape index (κ2) is 6.50. The number of likely N-dealkylation sites (tertiary alicyclic amines) is 1. The molecule has 4 nitrogen and oxygen atoms in total. The fraction of sp³-hybridized carbons (Fsp3) is 0.278. The third-order valence-corrected chi connectivity index (χ3v) is 4.43. The Morgan fingerprint density at radius 3 is 2.32 bits per heavy atom. The molecule has 0 saturated carbocycles. The van der Waals surface area contributed by atoms with Gasteiger partial charge in [0, 0.05) is 19.2 Å². The van der Waals surface area contributed by atoms with Gasteiger partial charge in [-0.15, -0.1) is 0 Å². The maximum absolute atomic E-state index is 13.6. The number of nitrogens with one attached hydrogen (secondary N) is 1. The number of hydrogen-bond donors (Lipinski definition) is 2. The Morgan fingerprint density at radius 1 is 1.12 bits per heavy atom. The van der Waals surface area contributed by atoms with Crippen LogP contribution in [0.15, 0.2) is 42.5 Å². The molecule has 1 atom stereocenters. The van der Waals surface area contributed by atoms with Crippen molar-refractivity contribution >= 4 is 11.6 Å². The number of β-amino-alcohol motifs (C(OH)–C–C–N with tert-alkyl or cyclic N) is 1. The summed E-state index contributed by atoms with van der Waals surface area (Å²) in [6.07, 6.45) is 0. The van der Waals surface area contributed by atoms with E-state index in [2.05, 4.69) is 5.32 Å². The van der Waals surface area contributed by atoms with Crippen LogP contribution in [0.25, 0.3) is 0 Å². The smallest absolute Gasteiger partial charge is 0.241 e. The summed E-state index contributed by atoms with van der Waals surface area (Å²) in [4.78, 5) is 13.9. The highest BCUT2D eigenvalue weighted by atomic mass is 19.1. The maximum Gasteiger partial charge on any atom is 0.241 e. The summed E-state index contributed by atoms with van der Waals surface area (Å²) in [5.74, 6) is -2.44. The van der Waals surface area contributed by atoms with Crippen LogP contribution >= 0.6 is 0 Å². The Labute approximate surface area is 142 Å². The molecule has 3 rings (SSSR count). The summed E-state index contributed by atoms with van der Waals surface area (Å²) in [5.41, 5.74) is -0.682. The van der Waals surface area contributed by atoms with Gasteiger partial charge < -0.3 is 10.4 Å². The largest absolute Gasteiger partial charge is 0.382 e. The van der Waals surface area contributed by atoms with Crippen LogP contribution in [0.5, 0.6) is 0 Å². The number of anilines is 1. The molecule has 0 spiro atoms. The van der Waals surface area contributed by atoms with Crippen LogP contribution in [0.4, 0.5) is 18.9 Å². The fourth-order valence-electron chi connectivity index (χ4n) is 2.84. The van der Waals surface area contributed by atoms with E-state index in [0.717, 1.165) is 12.1 Å². The Kier molecular flexibility index (Phi) is 4.53. The molecule has 0 bridgehead atoms. The van der Waals surface area contributed by atoms with Gasteiger partial charge >= 0.3 is 0 Å². The normalized spacial score (nSPS) is 17.6. The summed E-state index contributed by atoms with van der Waals surface area (Å²) >= 11 is 0. The van der Waals surface area contributed by atoms with Crippen molar-refractivity contribution < 1.29 is 23.1 Å². The third kappa shape index (κ3) is 3.52. The summed E-state index contributed by atoms with van der Waals surface area (Å²) < 4.78 is 39.5. The Hall–Kier alpha value is -2.38. The summed E-state index contributed by atoms with van der Waals surface area (Å²) in [6, 6.07) is 7.83. The zero-order chi connectivity index (χ0) is 18.2. The minimum atomic E-state index is -1.15. The lowest BCUT2D eigenvalue weighted by Crippen LogP contribution is -2.63. The Bertz CT molecular complexity index is 789. The molecule has 1 aliphatic heterocycles. The number of carbonyl (C=O) groups excluding carboxylic acids is 1. The van der Waals surface area contributed by atoms with E-state index in [1.807, 2.05) is 0 Å². The van der Waals surface area contributed by atoms with Crippen LogP contribution in [-0.2, 0) is 10.4 Å². The minimum absolute atomic E-state index is 0.104. The van der Waals surface area contributed by atoms with Crippen molar-refractivity contribution in [2.45, 2.75) is 18.6 Å². The summed E-state index contributed by atoms with van der Waals surface area (Å²) in [7, 11) is 0. The Balaban J connectivity index is 1.62. The zero-order valence-electron chi connectivity index (χ0n) is 13.5. The highest BCUT2D eigenvalue weighted by molar-refractivity contribution is 5.94. The van der Waals surface area contributed by atoms with Gasteiger partial charge in [-0.05, 0) is 36.8 Å². The van der Waals surface area contributed by atoms with E-state index in [9.17, 15) is 23.1 Å². The van der Waals surface area contributed by atoms with Crippen LogP contribution in [-0.4, -0.2) is 35.0 Å². The first-order valence-electron chi connectivity index (χ1n) is 7.77. The van der Waals surface area contributed by atoms with Crippen LogP contribution in [0.1, 0.15) is 12.5 Å². The van der Waals surface area contributed by atoms with Crippen LogP contribution in [0, 0.1) is 17.5 Å². The second-order valence-corrected chi connectivity index (χ2v) is 6.23. The van der Waals surface area contributed by atoms with Gasteiger partial charge in [-0.2, -0.15) is 0 Å². The number of halogens is 3. The number of benzene rings is 2. The van der Waals surface area contributed by atoms with E-state index >= 15 is 0 Å². The predicted octanol–water partition coefficient (Wildman–Crippen LogP) is 2.63. The van der Waals surface area contributed by atoms with Crippen molar-refractivity contribution in [1.82, 2.24) is 4.90 Å². The van der Waals surface area contributed by atoms with Gasteiger partial charge in [0.05, 0.1) is 11.7 Å². The van der Waals surface area contributed by atoms with Gasteiger partial charge in [-0.1, -0.05) is 12.1 Å². The molecule has 1 aliphatic rings. The molecular formula is C18H17F3N2O2. The van der Waals surface area contributed by atoms with Crippen molar-refractivity contribution in [1.29, 1.82) is 0 Å². The average molecular weight is 350 g/mol. The zero-order valence-corrected chi connectivity index (χ0v) is 13.5. The third-order valence-electron chi connectivity index (χ3n) is 4.43. The Morgan fingerprint density at radius 2 is 1.72 bits per heavy atom. The first-order chi connectivity index (χ1) is 11.8. The van der Waals surface area contributed by atoms with Crippen molar-refractivity contribution in [2.24, 2.45) is 0 Å². The lowest BCUT2D eigenvalue weighted by Gasteiger charge is -2.49. The number of aliphatic hydroxyl groups is 1. The maximum atomic E-state index is 13.6. The van der Waals surface area contributed by atoms with Gasteiger partial charge in [0.25, 0.3) is 0 Å². The van der Waals surface area contributed by atoms with E-state index in [1.54, 1.807) is 11.8 Å². The molecule has 0 aliphatic carbocycles. The number of carbonyl (C=O) groups is 1. The minimum Gasteiger partial charge on any atom is -0.382 e. The van der Waals surface area contributed by atoms with Gasteiger partial charge in [0.2, 0.25) is 5.91 Å². The molecule has 0 radical (unpaired) electrons. The molecule has 132 valence electrons. The van der Waals surface area contributed by atoms with Gasteiger partial charge in [-0.3, -0.25) is 9.69 Å². The molecule has 1 saturated heterocycles. The van der Waals surface area contributed by atoms with E-state index in [1.165, 1.54) is 24.3 Å². The molecule has 7 heteroatoms. The SMILES string of the molecule is CC(C(=O)Nc1ccc(F)cc1F)N1CC(O)(c2ccc(F)cc2)C1. The lowest BCUT2D eigenvalue weighted by atomic mass is 9.85. The van der Waals surface area contributed by atoms with Crippen molar-refractivity contribution in [3.05, 3.63) is 65.5 Å². The molecular weight excluding hydrogens is 333 g/mol. The molecule has 0 aromatic heterocycles. The highest BCUT2D eigenvalue weighted by Gasteiger charge is 2.45. The van der Waals surface area contributed by atoms with E-state index < -0.39 is 35.0 Å². The van der Waals surface area contributed by atoms with Crippen molar-refractivity contribution in [3.63, 3.8) is 0 Å². The van der Waals surface area contributed by atoms with Crippen LogP contribution in [0.3, 0.4) is 0 Å². The fourth-order valence-corrected chi connectivity index (χ4v) is 2.84. The van der Waals surface area contributed by atoms with Gasteiger partial charge in [0.1, 0.15) is 23.1 Å². The van der Waals surface area contributed by atoms with E-state index in [4.69, 9.17) is 0 Å². The predicted molar refractivity (Wildman–Crippen MR) is 86.3 cm³/mol. The van der Waals surface area contributed by atoms with Crippen molar-refractivity contribution in [3.8, 4) is 0 Å². The molecule has 2 aromatic carbocycles. The molecule has 1 fully saturated rings. The topological polar surface area (TPSA) is 52.6 Å². The molecule has 2 aromatic rings. The molecule has 25 heavy (non-hydrogen) atoms. The number of hydrogen-bond acceptors (Lipinski definition) is 3. The first-order valence-corrected chi connectivity index (χ1v) is 7.77. The van der Waals surface area contributed by atoms with E-state index in [0.29, 0.717) is 11.6 Å². The second-order valence-electron chi connectivity index (χ2n) is 6.23. The first kappa shape index (κ1) is 17.4. The average Bonchev–Trinajstić information content (AvgIpc) is 2.54. The van der Waals surface area contributed by atoms with Crippen molar-refractivity contribution in [2.75, 3.05) is 18.4 Å². The number of amides is 1. The summed E-state index contributed by atoms with van der Waals surface area (Å²) in [5, 5.41) is 12.9. The number of nitrogens with zero attached hydrogens (tertiary/aromatic N) is 1.